The molecule has 1 saturated carbocycles. The van der Waals surface area contributed by atoms with Crippen molar-refractivity contribution in [2.45, 2.75) is 44.4 Å². The minimum Gasteiger partial charge on any atom is -0.490 e. The van der Waals surface area contributed by atoms with Crippen LogP contribution < -0.4 is 15.6 Å². The summed E-state index contributed by atoms with van der Waals surface area (Å²) in [5.74, 6) is -2.40. The summed E-state index contributed by atoms with van der Waals surface area (Å²) in [5.41, 5.74) is -0.292. The van der Waals surface area contributed by atoms with Crippen LogP contribution in [0.3, 0.4) is 0 Å². The van der Waals surface area contributed by atoms with Crippen LogP contribution in [0.25, 0.3) is 10.9 Å². The topological polar surface area (TPSA) is 56.1 Å². The van der Waals surface area contributed by atoms with E-state index in [9.17, 15) is 18.0 Å². The van der Waals surface area contributed by atoms with Crippen molar-refractivity contribution in [3.8, 4) is 5.75 Å². The summed E-state index contributed by atoms with van der Waals surface area (Å²) in [6.07, 6.45) is 5.20. The molecule has 0 bridgehead atoms. The van der Waals surface area contributed by atoms with Gasteiger partial charge in [0.05, 0.1) is 29.9 Å². The van der Waals surface area contributed by atoms with E-state index in [1.54, 1.807) is 18.2 Å². The van der Waals surface area contributed by atoms with Crippen LogP contribution in [0.5, 0.6) is 5.75 Å². The number of benzene rings is 2. The molecular formula is C22H22F3N3O2. The summed E-state index contributed by atoms with van der Waals surface area (Å²) in [4.78, 5) is 16.1. The lowest BCUT2D eigenvalue weighted by molar-refractivity contribution is 0.141. The van der Waals surface area contributed by atoms with Crippen LogP contribution in [-0.4, -0.2) is 28.7 Å². The Morgan fingerprint density at radius 1 is 1.10 bits per heavy atom. The normalized spacial score (nSPS) is 19.2. The maximum Gasteiger partial charge on any atom is 0.280 e. The van der Waals surface area contributed by atoms with Crippen LogP contribution in [0.4, 0.5) is 13.2 Å². The molecule has 0 aliphatic heterocycles. The van der Waals surface area contributed by atoms with Gasteiger partial charge in [-0.15, -0.1) is 0 Å². The zero-order chi connectivity index (χ0) is 21.3. The monoisotopic (exact) mass is 417 g/mol. The first-order valence-corrected chi connectivity index (χ1v) is 9.91. The van der Waals surface area contributed by atoms with E-state index in [4.69, 9.17) is 4.74 Å². The average molecular weight is 417 g/mol. The highest BCUT2D eigenvalue weighted by atomic mass is 19.1. The third-order valence-electron chi connectivity index (χ3n) is 5.64. The number of ether oxygens (including phenoxy) is 1. The first kappa shape index (κ1) is 20.4. The van der Waals surface area contributed by atoms with Crippen molar-refractivity contribution in [1.29, 1.82) is 0 Å². The molecular weight excluding hydrogens is 395 g/mol. The smallest absolute Gasteiger partial charge is 0.280 e. The van der Waals surface area contributed by atoms with E-state index in [2.05, 4.69) is 10.3 Å². The third-order valence-corrected chi connectivity index (χ3v) is 5.64. The number of nitrogens with zero attached hydrogens (tertiary/aromatic N) is 2. The minimum absolute atomic E-state index is 0.0772. The molecule has 1 aliphatic rings. The maximum atomic E-state index is 14.1. The lowest BCUT2D eigenvalue weighted by Crippen LogP contribution is -2.34. The molecule has 8 heteroatoms. The molecule has 158 valence electrons. The first-order chi connectivity index (χ1) is 14.4. The summed E-state index contributed by atoms with van der Waals surface area (Å²) in [6, 6.07) is 6.79. The number of hydrogen-bond donors (Lipinski definition) is 1. The second kappa shape index (κ2) is 8.47. The fraction of sp³-hybridized carbons (Fsp3) is 0.364. The van der Waals surface area contributed by atoms with Gasteiger partial charge >= 0.3 is 0 Å². The molecule has 0 radical (unpaired) electrons. The van der Waals surface area contributed by atoms with E-state index < -0.39 is 23.0 Å². The van der Waals surface area contributed by atoms with Gasteiger partial charge in [-0.3, -0.25) is 4.79 Å². The number of nitrogens with one attached hydrogen (secondary N) is 1. The molecule has 0 amide bonds. The molecule has 2 aromatic carbocycles. The molecule has 0 atom stereocenters. The fourth-order valence-electron chi connectivity index (χ4n) is 3.95. The van der Waals surface area contributed by atoms with Gasteiger partial charge in [0.1, 0.15) is 23.2 Å². The Hall–Kier alpha value is -2.87. The standard InChI is InChI=1S/C22H22F3N3O2/c1-26-14-2-4-15(5-3-14)30-16-6-7-21-17(10-16)22(29)27-12-28(21)11-18-19(24)8-13(23)9-20(18)25/h6-10,12,14-15,26H,2-5,11H2,1H3. The van der Waals surface area contributed by atoms with Gasteiger partial charge in [-0.05, 0) is 50.9 Å². The van der Waals surface area contributed by atoms with E-state index in [1.807, 2.05) is 7.05 Å². The Kier molecular flexibility index (Phi) is 5.76. The van der Waals surface area contributed by atoms with Gasteiger partial charge in [0.2, 0.25) is 0 Å². The summed E-state index contributed by atoms with van der Waals surface area (Å²) in [7, 11) is 1.96. The van der Waals surface area contributed by atoms with Gasteiger partial charge in [-0.2, -0.15) is 4.98 Å². The SMILES string of the molecule is CNC1CCC(Oc2ccc3c(c2)c(=O)ncn3Cc2c(F)cc(F)cc2F)CC1. The van der Waals surface area contributed by atoms with Crippen molar-refractivity contribution in [3.05, 3.63) is 70.0 Å². The second-order valence-corrected chi connectivity index (χ2v) is 7.58. The molecule has 0 spiro atoms. The van der Waals surface area contributed by atoms with Crippen LogP contribution in [0, 0.1) is 17.5 Å². The van der Waals surface area contributed by atoms with Gasteiger partial charge < -0.3 is 14.6 Å². The van der Waals surface area contributed by atoms with Crippen molar-refractivity contribution in [3.63, 3.8) is 0 Å². The number of aromatic nitrogens is 2. The average Bonchev–Trinajstić information content (AvgIpc) is 2.73. The van der Waals surface area contributed by atoms with Gasteiger partial charge in [-0.25, -0.2) is 13.2 Å². The Labute approximate surface area is 171 Å². The zero-order valence-electron chi connectivity index (χ0n) is 16.5. The highest BCUT2D eigenvalue weighted by Gasteiger charge is 2.21. The van der Waals surface area contributed by atoms with Crippen molar-refractivity contribution in [1.82, 2.24) is 14.9 Å². The van der Waals surface area contributed by atoms with Crippen molar-refractivity contribution >= 4 is 10.9 Å². The minimum atomic E-state index is -0.989. The van der Waals surface area contributed by atoms with E-state index in [1.165, 1.54) is 10.9 Å². The Morgan fingerprint density at radius 2 is 1.80 bits per heavy atom. The van der Waals surface area contributed by atoms with Gasteiger partial charge in [-0.1, -0.05) is 0 Å². The van der Waals surface area contributed by atoms with Gasteiger partial charge in [0.25, 0.3) is 5.56 Å². The van der Waals surface area contributed by atoms with Crippen LogP contribution in [-0.2, 0) is 6.54 Å². The van der Waals surface area contributed by atoms with Crippen molar-refractivity contribution < 1.29 is 17.9 Å². The quantitative estimate of drug-likeness (QED) is 0.687. The van der Waals surface area contributed by atoms with Crippen LogP contribution in [0.1, 0.15) is 31.2 Å². The molecule has 4 rings (SSSR count). The molecule has 30 heavy (non-hydrogen) atoms. The Bertz CT molecular complexity index is 1100. The predicted octanol–water partition coefficient (Wildman–Crippen LogP) is 3.77. The Balaban J connectivity index is 1.61. The lowest BCUT2D eigenvalue weighted by Gasteiger charge is -2.28. The molecule has 1 N–H and O–H groups in total. The number of rotatable bonds is 5. The summed E-state index contributed by atoms with van der Waals surface area (Å²) in [6.45, 7) is -0.226. The molecule has 0 unspecified atom stereocenters. The van der Waals surface area contributed by atoms with E-state index >= 15 is 0 Å². The number of hydrogen-bond acceptors (Lipinski definition) is 4. The van der Waals surface area contributed by atoms with E-state index in [0.29, 0.717) is 34.8 Å². The first-order valence-electron chi connectivity index (χ1n) is 9.91. The second-order valence-electron chi connectivity index (χ2n) is 7.58. The van der Waals surface area contributed by atoms with Crippen LogP contribution in [0.2, 0.25) is 0 Å². The molecule has 0 saturated heterocycles. The summed E-state index contributed by atoms with van der Waals surface area (Å²) < 4.78 is 48.8. The summed E-state index contributed by atoms with van der Waals surface area (Å²) >= 11 is 0. The Morgan fingerprint density at radius 3 is 2.47 bits per heavy atom. The van der Waals surface area contributed by atoms with Crippen LogP contribution >= 0.6 is 0 Å². The number of halogens is 3. The molecule has 1 heterocycles. The fourth-order valence-corrected chi connectivity index (χ4v) is 3.95. The van der Waals surface area contributed by atoms with E-state index in [0.717, 1.165) is 25.7 Å². The largest absolute Gasteiger partial charge is 0.490 e. The van der Waals surface area contributed by atoms with Crippen molar-refractivity contribution in [2.24, 2.45) is 0 Å². The van der Waals surface area contributed by atoms with Crippen LogP contribution in [0.15, 0.2) is 41.5 Å². The number of fused-ring (bicyclic) bond motifs is 1. The highest BCUT2D eigenvalue weighted by molar-refractivity contribution is 5.79. The summed E-state index contributed by atoms with van der Waals surface area (Å²) in [5, 5.41) is 3.57. The van der Waals surface area contributed by atoms with E-state index in [-0.39, 0.29) is 18.2 Å². The van der Waals surface area contributed by atoms with Crippen molar-refractivity contribution in [2.75, 3.05) is 7.05 Å². The molecule has 1 fully saturated rings. The molecule has 1 aliphatic carbocycles. The lowest BCUT2D eigenvalue weighted by atomic mass is 9.93. The third kappa shape index (κ3) is 4.18. The van der Waals surface area contributed by atoms with Gasteiger partial charge in [0.15, 0.2) is 0 Å². The molecule has 3 aromatic rings. The van der Waals surface area contributed by atoms with Gasteiger partial charge in [0, 0.05) is 23.7 Å². The molecule has 5 nitrogen and oxygen atoms in total. The predicted molar refractivity (Wildman–Crippen MR) is 107 cm³/mol. The highest BCUT2D eigenvalue weighted by Crippen LogP contribution is 2.26. The zero-order valence-corrected chi connectivity index (χ0v) is 16.5. The maximum absolute atomic E-state index is 14.1. The molecule has 1 aromatic heterocycles.